The normalized spacial score (nSPS) is 22.8. The minimum Gasteiger partial charge on any atom is -0.351 e. The minimum absolute atomic E-state index is 0.0185. The van der Waals surface area contributed by atoms with Crippen LogP contribution in [0.3, 0.4) is 0 Å². The van der Waals surface area contributed by atoms with Crippen molar-refractivity contribution in [3.05, 3.63) is 59.1 Å². The fourth-order valence-electron chi connectivity index (χ4n) is 5.70. The molecule has 2 saturated carbocycles. The number of pyridine rings is 1. The molecule has 5 rings (SSSR count). The summed E-state index contributed by atoms with van der Waals surface area (Å²) < 4.78 is 41.0. The average molecular weight is 521 g/mol. The second-order valence-electron chi connectivity index (χ2n) is 9.98. The molecule has 3 aliphatic rings. The lowest BCUT2D eigenvalue weighted by Crippen LogP contribution is -2.61. The number of hydrogen-bond donors (Lipinski definition) is 2. The Bertz CT molecular complexity index is 1210. The van der Waals surface area contributed by atoms with Crippen LogP contribution in [-0.4, -0.2) is 40.7 Å². The fourth-order valence-corrected chi connectivity index (χ4v) is 5.94. The SMILES string of the molecule is O=C1CCC(C(=O)N(c2cncc(F)c2)C(C(=O)NC2CC3(C2)CC(F)(F)C3)c2ccccc2Cl)N1. The summed E-state index contributed by atoms with van der Waals surface area (Å²) >= 11 is 6.45. The molecule has 1 saturated heterocycles. The van der Waals surface area contributed by atoms with Gasteiger partial charge in [-0.3, -0.25) is 24.3 Å². The molecule has 7 nitrogen and oxygen atoms in total. The van der Waals surface area contributed by atoms with Crippen molar-refractivity contribution in [3.8, 4) is 0 Å². The van der Waals surface area contributed by atoms with Crippen molar-refractivity contribution in [2.24, 2.45) is 5.41 Å². The van der Waals surface area contributed by atoms with E-state index in [1.54, 1.807) is 24.3 Å². The molecule has 2 unspecified atom stereocenters. The highest BCUT2D eigenvalue weighted by molar-refractivity contribution is 6.31. The summed E-state index contributed by atoms with van der Waals surface area (Å²) in [5.74, 6) is -4.88. The molecule has 1 aromatic heterocycles. The number of aromatic nitrogens is 1. The van der Waals surface area contributed by atoms with E-state index in [9.17, 15) is 27.6 Å². The van der Waals surface area contributed by atoms with Gasteiger partial charge in [-0.25, -0.2) is 13.2 Å². The van der Waals surface area contributed by atoms with Crippen molar-refractivity contribution in [3.63, 3.8) is 0 Å². The molecule has 2 N–H and O–H groups in total. The van der Waals surface area contributed by atoms with Gasteiger partial charge in [0.1, 0.15) is 17.9 Å². The Morgan fingerprint density at radius 2 is 1.92 bits per heavy atom. The Morgan fingerprint density at radius 3 is 2.53 bits per heavy atom. The van der Waals surface area contributed by atoms with Crippen molar-refractivity contribution in [2.45, 2.75) is 62.6 Å². The van der Waals surface area contributed by atoms with Crippen LogP contribution in [0.15, 0.2) is 42.7 Å². The third-order valence-corrected chi connectivity index (χ3v) is 7.52. The molecule has 1 aromatic carbocycles. The number of benzene rings is 1. The maximum absolute atomic E-state index is 14.2. The summed E-state index contributed by atoms with van der Waals surface area (Å²) in [4.78, 5) is 44.2. The van der Waals surface area contributed by atoms with E-state index in [-0.39, 0.29) is 48.3 Å². The largest absolute Gasteiger partial charge is 0.351 e. The third kappa shape index (κ3) is 4.66. The topological polar surface area (TPSA) is 91.4 Å². The first-order chi connectivity index (χ1) is 17.1. The number of carbonyl (C=O) groups excluding carboxylic acids is 3. The van der Waals surface area contributed by atoms with Gasteiger partial charge in [0.15, 0.2) is 0 Å². The zero-order chi connectivity index (χ0) is 25.7. The number of carbonyl (C=O) groups is 3. The molecule has 0 bridgehead atoms. The number of halogens is 4. The first-order valence-corrected chi connectivity index (χ1v) is 12.1. The number of nitrogens with one attached hydrogen (secondary N) is 2. The molecule has 190 valence electrons. The highest BCUT2D eigenvalue weighted by Gasteiger charge is 2.62. The van der Waals surface area contributed by atoms with E-state index >= 15 is 0 Å². The summed E-state index contributed by atoms with van der Waals surface area (Å²) in [6.45, 7) is 0. The summed E-state index contributed by atoms with van der Waals surface area (Å²) in [7, 11) is 0. The summed E-state index contributed by atoms with van der Waals surface area (Å²) in [6.07, 6.45) is 3.02. The van der Waals surface area contributed by atoms with E-state index in [4.69, 9.17) is 11.6 Å². The number of alkyl halides is 2. The van der Waals surface area contributed by atoms with E-state index < -0.39 is 41.1 Å². The van der Waals surface area contributed by atoms with E-state index in [1.165, 1.54) is 6.20 Å². The molecule has 3 amide bonds. The molecule has 1 spiro atoms. The lowest BCUT2D eigenvalue weighted by molar-refractivity contribution is -0.198. The second kappa shape index (κ2) is 9.06. The van der Waals surface area contributed by atoms with Gasteiger partial charge in [-0.05, 0) is 30.7 Å². The molecule has 3 fully saturated rings. The van der Waals surface area contributed by atoms with Crippen LogP contribution in [0.5, 0.6) is 0 Å². The Hall–Kier alpha value is -3.14. The van der Waals surface area contributed by atoms with Gasteiger partial charge in [-0.2, -0.15) is 0 Å². The van der Waals surface area contributed by atoms with E-state index in [0.717, 1.165) is 17.2 Å². The molecule has 2 aromatic rings. The monoisotopic (exact) mass is 520 g/mol. The predicted octanol–water partition coefficient (Wildman–Crippen LogP) is 3.92. The summed E-state index contributed by atoms with van der Waals surface area (Å²) in [6, 6.07) is 4.98. The van der Waals surface area contributed by atoms with Crippen LogP contribution < -0.4 is 15.5 Å². The molecule has 0 radical (unpaired) electrons. The number of hydrogen-bond acceptors (Lipinski definition) is 4. The van der Waals surface area contributed by atoms with Crippen molar-refractivity contribution in [1.29, 1.82) is 0 Å². The Morgan fingerprint density at radius 1 is 1.19 bits per heavy atom. The van der Waals surface area contributed by atoms with Gasteiger partial charge in [0.25, 0.3) is 5.91 Å². The van der Waals surface area contributed by atoms with Crippen molar-refractivity contribution < 1.29 is 27.6 Å². The van der Waals surface area contributed by atoms with Crippen LogP contribution >= 0.6 is 11.6 Å². The average Bonchev–Trinajstić information content (AvgIpc) is 3.21. The van der Waals surface area contributed by atoms with Crippen LogP contribution in [0.4, 0.5) is 18.9 Å². The third-order valence-electron chi connectivity index (χ3n) is 7.18. The first kappa shape index (κ1) is 24.5. The number of amides is 3. The highest BCUT2D eigenvalue weighted by atomic mass is 35.5. The molecule has 2 atom stereocenters. The van der Waals surface area contributed by atoms with Crippen LogP contribution in [0.1, 0.15) is 50.1 Å². The maximum Gasteiger partial charge on any atom is 0.250 e. The fraction of sp³-hybridized carbons (Fsp3) is 0.440. The lowest BCUT2D eigenvalue weighted by atomic mass is 9.52. The lowest BCUT2D eigenvalue weighted by Gasteiger charge is -2.57. The van der Waals surface area contributed by atoms with Crippen LogP contribution in [0.2, 0.25) is 5.02 Å². The Balaban J connectivity index is 1.48. The smallest absolute Gasteiger partial charge is 0.250 e. The van der Waals surface area contributed by atoms with Gasteiger partial charge in [-0.1, -0.05) is 29.8 Å². The van der Waals surface area contributed by atoms with Crippen LogP contribution in [-0.2, 0) is 14.4 Å². The van der Waals surface area contributed by atoms with Crippen LogP contribution in [0, 0.1) is 11.2 Å². The highest BCUT2D eigenvalue weighted by Crippen LogP contribution is 2.62. The van der Waals surface area contributed by atoms with Crippen molar-refractivity contribution in [2.75, 3.05) is 4.90 Å². The van der Waals surface area contributed by atoms with Crippen LogP contribution in [0.25, 0.3) is 0 Å². The molecular weight excluding hydrogens is 497 g/mol. The molecule has 2 aliphatic carbocycles. The zero-order valence-electron chi connectivity index (χ0n) is 19.1. The number of nitrogens with zero attached hydrogens (tertiary/aromatic N) is 2. The summed E-state index contributed by atoms with van der Waals surface area (Å²) in [5, 5.41) is 5.68. The Labute approximate surface area is 210 Å². The van der Waals surface area contributed by atoms with E-state index in [1.807, 2.05) is 0 Å². The zero-order valence-corrected chi connectivity index (χ0v) is 19.9. The van der Waals surface area contributed by atoms with Gasteiger partial charge < -0.3 is 10.6 Å². The van der Waals surface area contributed by atoms with Gasteiger partial charge in [0, 0.05) is 42.0 Å². The van der Waals surface area contributed by atoms with Crippen molar-refractivity contribution in [1.82, 2.24) is 15.6 Å². The maximum atomic E-state index is 14.2. The quantitative estimate of drug-likeness (QED) is 0.604. The van der Waals surface area contributed by atoms with Gasteiger partial charge in [-0.15, -0.1) is 0 Å². The van der Waals surface area contributed by atoms with Gasteiger partial charge >= 0.3 is 0 Å². The van der Waals surface area contributed by atoms with Gasteiger partial charge in [0.2, 0.25) is 17.7 Å². The standard InChI is InChI=1S/C25H24ClF3N4O3/c26-18-4-2-1-3-17(18)21(22(35)31-15-8-24(9-15)12-25(28,29)13-24)33(16-7-14(27)10-30-11-16)23(36)19-5-6-20(34)32-19/h1-4,7,10-11,15,19,21H,5-6,8-9,12-13H2,(H,31,35)(H,32,34). The predicted molar refractivity (Wildman–Crippen MR) is 125 cm³/mol. The molecular formula is C25H24ClF3N4O3. The first-order valence-electron chi connectivity index (χ1n) is 11.7. The number of anilines is 1. The minimum atomic E-state index is -2.66. The van der Waals surface area contributed by atoms with E-state index in [0.29, 0.717) is 18.4 Å². The molecule has 2 heterocycles. The number of rotatable bonds is 6. The molecule has 11 heteroatoms. The molecule has 36 heavy (non-hydrogen) atoms. The second-order valence-corrected chi connectivity index (χ2v) is 10.4. The van der Waals surface area contributed by atoms with Gasteiger partial charge in [0.05, 0.1) is 18.1 Å². The van der Waals surface area contributed by atoms with E-state index in [2.05, 4.69) is 15.6 Å². The molecule has 1 aliphatic heterocycles. The van der Waals surface area contributed by atoms with Crippen molar-refractivity contribution >= 4 is 35.0 Å². The Kier molecular flexibility index (Phi) is 6.18. The summed E-state index contributed by atoms with van der Waals surface area (Å²) in [5.41, 5.74) is -0.148.